The second kappa shape index (κ2) is 6.45. The Bertz CT molecular complexity index is 699. The zero-order valence-electron chi connectivity index (χ0n) is 11.7. The average Bonchev–Trinajstić information content (AvgIpc) is 3.08. The number of anilines is 1. The number of halogens is 1. The molecule has 21 heavy (non-hydrogen) atoms. The lowest BCUT2D eigenvalue weighted by Crippen LogP contribution is -2.02. The van der Waals surface area contributed by atoms with Crippen molar-refractivity contribution in [2.24, 2.45) is 0 Å². The lowest BCUT2D eigenvalue weighted by atomic mass is 10.2. The Balaban J connectivity index is 1.65. The van der Waals surface area contributed by atoms with Crippen molar-refractivity contribution in [1.29, 1.82) is 0 Å². The fourth-order valence-electron chi connectivity index (χ4n) is 2.15. The van der Waals surface area contributed by atoms with Crippen molar-refractivity contribution in [3.8, 4) is 0 Å². The summed E-state index contributed by atoms with van der Waals surface area (Å²) in [6.45, 7) is 3.78. The number of aromatic nitrogens is 2. The van der Waals surface area contributed by atoms with Crippen molar-refractivity contribution in [1.82, 2.24) is 9.78 Å². The zero-order chi connectivity index (χ0) is 14.7. The van der Waals surface area contributed by atoms with Crippen molar-refractivity contribution in [3.05, 3.63) is 68.6 Å². The summed E-state index contributed by atoms with van der Waals surface area (Å²) in [6, 6.07) is 12.6. The Kier molecular flexibility index (Phi) is 4.41. The van der Waals surface area contributed by atoms with Gasteiger partial charge in [-0.15, -0.1) is 11.3 Å². The molecule has 2 heterocycles. The minimum atomic E-state index is 0.798. The Hall–Kier alpha value is -1.59. The third-order valence-corrected chi connectivity index (χ3v) is 5.34. The molecule has 0 radical (unpaired) electrons. The smallest absolute Gasteiger partial charge is 0.0660 e. The Morgan fingerprint density at radius 2 is 2.19 bits per heavy atom. The highest BCUT2D eigenvalue weighted by Gasteiger charge is 2.03. The van der Waals surface area contributed by atoms with Crippen LogP contribution >= 0.6 is 27.3 Å². The van der Waals surface area contributed by atoms with Crippen LogP contribution in [-0.4, -0.2) is 9.78 Å². The number of benzene rings is 1. The number of hydrogen-bond acceptors (Lipinski definition) is 3. The summed E-state index contributed by atoms with van der Waals surface area (Å²) >= 11 is 5.38. The van der Waals surface area contributed by atoms with E-state index in [4.69, 9.17) is 0 Å². The van der Waals surface area contributed by atoms with Crippen LogP contribution in [0, 0.1) is 6.92 Å². The molecule has 5 heteroatoms. The molecule has 1 aromatic carbocycles. The molecule has 0 saturated carbocycles. The molecule has 0 aliphatic heterocycles. The van der Waals surface area contributed by atoms with Gasteiger partial charge in [0.05, 0.1) is 6.54 Å². The van der Waals surface area contributed by atoms with E-state index in [2.05, 4.69) is 63.6 Å². The summed E-state index contributed by atoms with van der Waals surface area (Å²) in [6.07, 6.45) is 3.78. The molecule has 0 fully saturated rings. The molecule has 0 spiro atoms. The van der Waals surface area contributed by atoms with E-state index in [0.29, 0.717) is 0 Å². The van der Waals surface area contributed by atoms with E-state index >= 15 is 0 Å². The van der Waals surface area contributed by atoms with Crippen molar-refractivity contribution in [2.45, 2.75) is 20.0 Å². The van der Waals surface area contributed by atoms with Gasteiger partial charge in [0.15, 0.2) is 0 Å². The van der Waals surface area contributed by atoms with Gasteiger partial charge in [0.25, 0.3) is 0 Å². The Morgan fingerprint density at radius 1 is 1.29 bits per heavy atom. The summed E-state index contributed by atoms with van der Waals surface area (Å²) in [4.78, 5) is 2.65. The highest BCUT2D eigenvalue weighted by Crippen LogP contribution is 2.27. The van der Waals surface area contributed by atoms with Crippen molar-refractivity contribution in [3.63, 3.8) is 0 Å². The summed E-state index contributed by atoms with van der Waals surface area (Å²) in [5.41, 5.74) is 2.38. The summed E-state index contributed by atoms with van der Waals surface area (Å²) in [5, 5.41) is 7.72. The van der Waals surface area contributed by atoms with E-state index in [9.17, 15) is 0 Å². The number of nitrogens with one attached hydrogen (secondary N) is 1. The molecule has 108 valence electrons. The highest BCUT2D eigenvalue weighted by molar-refractivity contribution is 9.10. The largest absolute Gasteiger partial charge is 0.380 e. The van der Waals surface area contributed by atoms with Crippen LogP contribution < -0.4 is 5.32 Å². The number of nitrogens with zero attached hydrogens (tertiary/aromatic N) is 2. The maximum absolute atomic E-state index is 4.24. The minimum absolute atomic E-state index is 0.798. The van der Waals surface area contributed by atoms with Gasteiger partial charge in [-0.25, -0.2) is 0 Å². The van der Waals surface area contributed by atoms with Crippen LogP contribution in [0.25, 0.3) is 0 Å². The maximum Gasteiger partial charge on any atom is 0.0660 e. The van der Waals surface area contributed by atoms with Crippen LogP contribution in [0.5, 0.6) is 0 Å². The molecule has 1 N–H and O–H groups in total. The predicted octanol–water partition coefficient (Wildman–Crippen LogP) is 4.68. The topological polar surface area (TPSA) is 29.9 Å². The molecule has 0 aliphatic carbocycles. The first-order valence-corrected chi connectivity index (χ1v) is 8.37. The van der Waals surface area contributed by atoms with E-state index in [-0.39, 0.29) is 0 Å². The second-order valence-electron chi connectivity index (χ2n) is 4.87. The van der Waals surface area contributed by atoms with Gasteiger partial charge in [-0.1, -0.05) is 12.1 Å². The molecule has 0 bridgehead atoms. The molecule has 3 nitrogen and oxygen atoms in total. The third kappa shape index (κ3) is 3.74. The van der Waals surface area contributed by atoms with E-state index in [0.717, 1.165) is 18.8 Å². The highest BCUT2D eigenvalue weighted by atomic mass is 79.9. The molecule has 2 aromatic heterocycles. The van der Waals surface area contributed by atoms with Gasteiger partial charge in [-0.2, -0.15) is 5.10 Å². The summed E-state index contributed by atoms with van der Waals surface area (Å²) in [7, 11) is 0. The lowest BCUT2D eigenvalue weighted by Gasteiger charge is -2.08. The molecular formula is C16H16BrN3S. The van der Waals surface area contributed by atoms with Crippen LogP contribution in [0.15, 0.2) is 53.3 Å². The van der Waals surface area contributed by atoms with Crippen LogP contribution in [0.3, 0.4) is 0 Å². The van der Waals surface area contributed by atoms with Crippen molar-refractivity contribution in [2.75, 3.05) is 5.32 Å². The van der Waals surface area contributed by atoms with Gasteiger partial charge in [-0.3, -0.25) is 4.68 Å². The lowest BCUT2D eigenvalue weighted by molar-refractivity contribution is 0.687. The normalized spacial score (nSPS) is 10.8. The molecule has 0 aliphatic rings. The number of hydrogen-bond donors (Lipinski definition) is 1. The second-order valence-corrected chi connectivity index (χ2v) is 7.07. The Morgan fingerprint density at radius 3 is 2.90 bits per heavy atom. The van der Waals surface area contributed by atoms with E-state index in [1.165, 1.54) is 19.8 Å². The quantitative estimate of drug-likeness (QED) is 0.715. The van der Waals surface area contributed by atoms with Gasteiger partial charge in [0.2, 0.25) is 0 Å². The molecule has 3 rings (SSSR count). The standard InChI is InChI=1S/C16H16BrN3S/c1-12-16(17)9-15(21-12)10-18-14-5-2-4-13(8-14)11-20-7-3-6-19-20/h2-9,18H,10-11H2,1H3. The first kappa shape index (κ1) is 14.4. The third-order valence-electron chi connectivity index (χ3n) is 3.21. The van der Waals surface area contributed by atoms with Crippen molar-refractivity contribution >= 4 is 33.0 Å². The number of rotatable bonds is 5. The minimum Gasteiger partial charge on any atom is -0.380 e. The fourth-order valence-corrected chi connectivity index (χ4v) is 3.70. The van der Waals surface area contributed by atoms with E-state index < -0.39 is 0 Å². The molecule has 0 saturated heterocycles. The molecule has 0 atom stereocenters. The fraction of sp³-hybridized carbons (Fsp3) is 0.188. The van der Waals surface area contributed by atoms with Crippen LogP contribution in [0.2, 0.25) is 0 Å². The molecule has 0 unspecified atom stereocenters. The van der Waals surface area contributed by atoms with E-state index in [1.807, 2.05) is 28.3 Å². The molecule has 0 amide bonds. The van der Waals surface area contributed by atoms with Gasteiger partial charge in [0.1, 0.15) is 0 Å². The molecule has 3 aromatic rings. The Labute approximate surface area is 136 Å². The van der Waals surface area contributed by atoms with Crippen LogP contribution in [-0.2, 0) is 13.1 Å². The predicted molar refractivity (Wildman–Crippen MR) is 91.9 cm³/mol. The first-order chi connectivity index (χ1) is 10.2. The molecular weight excluding hydrogens is 346 g/mol. The number of thiophene rings is 1. The van der Waals surface area contributed by atoms with Crippen LogP contribution in [0.1, 0.15) is 15.3 Å². The van der Waals surface area contributed by atoms with E-state index in [1.54, 1.807) is 6.20 Å². The summed E-state index contributed by atoms with van der Waals surface area (Å²) < 4.78 is 3.12. The van der Waals surface area contributed by atoms with Gasteiger partial charge < -0.3 is 5.32 Å². The average molecular weight is 362 g/mol. The SMILES string of the molecule is Cc1sc(CNc2cccc(Cn3cccn3)c2)cc1Br. The van der Waals surface area contributed by atoms with Crippen LogP contribution in [0.4, 0.5) is 5.69 Å². The monoisotopic (exact) mass is 361 g/mol. The summed E-state index contributed by atoms with van der Waals surface area (Å²) in [5.74, 6) is 0. The zero-order valence-corrected chi connectivity index (χ0v) is 14.1. The van der Waals surface area contributed by atoms with Gasteiger partial charge in [-0.05, 0) is 52.7 Å². The van der Waals surface area contributed by atoms with Gasteiger partial charge in [0, 0.05) is 38.9 Å². The maximum atomic E-state index is 4.24. The number of aryl methyl sites for hydroxylation is 1. The van der Waals surface area contributed by atoms with Crippen molar-refractivity contribution < 1.29 is 0 Å². The van der Waals surface area contributed by atoms with Gasteiger partial charge >= 0.3 is 0 Å². The first-order valence-electron chi connectivity index (χ1n) is 6.76.